The molecule has 0 aromatic carbocycles. The molecule has 0 aliphatic heterocycles. The van der Waals surface area contributed by atoms with E-state index in [1.165, 1.54) is 141 Å². The van der Waals surface area contributed by atoms with Gasteiger partial charge in [-0.05, 0) is 24.7 Å². The molecule has 0 rings (SSSR count). The predicted molar refractivity (Wildman–Crippen MR) is 164 cm³/mol. The number of rotatable bonds is 30. The average Bonchev–Trinajstić information content (AvgIpc) is 2.90. The van der Waals surface area contributed by atoms with Crippen LogP contribution in [0, 0.1) is 5.41 Å². The second kappa shape index (κ2) is 26.1. The van der Waals surface area contributed by atoms with Gasteiger partial charge in [-0.15, -0.1) is 0 Å². The lowest BCUT2D eigenvalue weighted by atomic mass is 9.67. The van der Waals surface area contributed by atoms with Crippen LogP contribution in [0.2, 0.25) is 0 Å². The van der Waals surface area contributed by atoms with Crippen LogP contribution in [0.5, 0.6) is 0 Å². The molecular formula is C33H70N2O2. The first-order valence-corrected chi connectivity index (χ1v) is 16.8. The smallest absolute Gasteiger partial charge is 0.0743 e. The molecule has 0 unspecified atom stereocenters. The van der Waals surface area contributed by atoms with Gasteiger partial charge in [0.1, 0.15) is 0 Å². The number of hydrogen-bond donors (Lipinski definition) is 4. The molecule has 0 spiro atoms. The monoisotopic (exact) mass is 527 g/mol. The summed E-state index contributed by atoms with van der Waals surface area (Å²) in [6.45, 7) is 10.9. The van der Waals surface area contributed by atoms with Crippen molar-refractivity contribution in [1.82, 2.24) is 10.6 Å². The standard InChI is InChI=1S/C33H70N2O2/c1-5-8-11-14-17-18-21-24-27-33(34-28-30-36,35-29-31-37)32(4,25-22-19-15-12-9-6-2)26-23-20-16-13-10-7-3/h34-37H,5-31H2,1-4H3. The van der Waals surface area contributed by atoms with Gasteiger partial charge in [0.05, 0.1) is 18.9 Å². The van der Waals surface area contributed by atoms with Gasteiger partial charge >= 0.3 is 0 Å². The molecule has 37 heavy (non-hydrogen) atoms. The molecule has 224 valence electrons. The van der Waals surface area contributed by atoms with Gasteiger partial charge in [-0.25, -0.2) is 0 Å². The average molecular weight is 527 g/mol. The summed E-state index contributed by atoms with van der Waals surface area (Å²) in [6.07, 6.45) is 30.0. The number of nitrogens with one attached hydrogen (secondary N) is 2. The van der Waals surface area contributed by atoms with Crippen LogP contribution in [0.25, 0.3) is 0 Å². The lowest BCUT2D eigenvalue weighted by Gasteiger charge is -2.51. The zero-order valence-corrected chi connectivity index (χ0v) is 26.0. The Bertz CT molecular complexity index is 434. The van der Waals surface area contributed by atoms with Crippen LogP contribution in [0.15, 0.2) is 0 Å². The van der Waals surface area contributed by atoms with Crippen molar-refractivity contribution >= 4 is 0 Å². The Balaban J connectivity index is 5.38. The molecule has 4 N–H and O–H groups in total. The normalized spacial score (nSPS) is 12.5. The molecule has 0 aromatic rings. The Labute approximate surface area is 233 Å². The second-order valence-corrected chi connectivity index (χ2v) is 12.0. The molecule has 0 fully saturated rings. The van der Waals surface area contributed by atoms with Crippen molar-refractivity contribution in [2.45, 2.75) is 181 Å². The fourth-order valence-electron chi connectivity index (χ4n) is 6.17. The zero-order chi connectivity index (χ0) is 27.5. The second-order valence-electron chi connectivity index (χ2n) is 12.0. The summed E-state index contributed by atoms with van der Waals surface area (Å²) in [5, 5.41) is 27.2. The summed E-state index contributed by atoms with van der Waals surface area (Å²) in [6, 6.07) is 0. The minimum Gasteiger partial charge on any atom is -0.395 e. The van der Waals surface area contributed by atoms with Crippen molar-refractivity contribution in [2.75, 3.05) is 26.3 Å². The highest BCUT2D eigenvalue weighted by Crippen LogP contribution is 2.43. The molecule has 0 amide bonds. The van der Waals surface area contributed by atoms with E-state index in [-0.39, 0.29) is 24.3 Å². The lowest BCUT2D eigenvalue weighted by molar-refractivity contribution is 0.0226. The molecule has 0 heterocycles. The minimum atomic E-state index is -0.229. The Hall–Kier alpha value is -0.160. The Kier molecular flexibility index (Phi) is 26.0. The first-order chi connectivity index (χ1) is 18.1. The van der Waals surface area contributed by atoms with Crippen LogP contribution < -0.4 is 10.6 Å². The van der Waals surface area contributed by atoms with Gasteiger partial charge in [-0.2, -0.15) is 0 Å². The topological polar surface area (TPSA) is 64.5 Å². The Morgan fingerprint density at radius 2 is 0.730 bits per heavy atom. The number of aliphatic hydroxyl groups excluding tert-OH is 2. The van der Waals surface area contributed by atoms with E-state index in [9.17, 15) is 10.2 Å². The molecule has 4 nitrogen and oxygen atoms in total. The molecule has 0 atom stereocenters. The molecule has 0 aliphatic rings. The van der Waals surface area contributed by atoms with Crippen molar-refractivity contribution in [3.63, 3.8) is 0 Å². The van der Waals surface area contributed by atoms with Crippen molar-refractivity contribution < 1.29 is 10.2 Å². The summed E-state index contributed by atoms with van der Waals surface area (Å²) in [5.41, 5.74) is -0.124. The van der Waals surface area contributed by atoms with Gasteiger partial charge < -0.3 is 10.2 Å². The molecular weight excluding hydrogens is 456 g/mol. The molecule has 4 heteroatoms. The first-order valence-electron chi connectivity index (χ1n) is 16.8. The molecule has 0 bridgehead atoms. The largest absolute Gasteiger partial charge is 0.395 e. The van der Waals surface area contributed by atoms with E-state index in [1.54, 1.807) is 0 Å². The maximum atomic E-state index is 9.79. The van der Waals surface area contributed by atoms with Gasteiger partial charge in [-0.3, -0.25) is 10.6 Å². The fourth-order valence-corrected chi connectivity index (χ4v) is 6.17. The molecule has 0 saturated heterocycles. The number of aliphatic hydroxyl groups is 2. The van der Waals surface area contributed by atoms with E-state index in [1.807, 2.05) is 0 Å². The van der Waals surface area contributed by atoms with Crippen LogP contribution in [0.1, 0.15) is 175 Å². The highest BCUT2D eigenvalue weighted by Gasteiger charge is 2.45. The van der Waals surface area contributed by atoms with E-state index in [4.69, 9.17) is 0 Å². The SMILES string of the molecule is CCCCCCCCCCC(NCCO)(NCCO)C(C)(CCCCCCCC)CCCCCCCC. The van der Waals surface area contributed by atoms with Crippen LogP contribution in [-0.4, -0.2) is 42.2 Å². The third-order valence-electron chi connectivity index (χ3n) is 8.68. The Morgan fingerprint density at radius 3 is 1.05 bits per heavy atom. The summed E-state index contributed by atoms with van der Waals surface area (Å²) in [4.78, 5) is 0. The maximum Gasteiger partial charge on any atom is 0.0743 e. The van der Waals surface area contributed by atoms with Gasteiger partial charge in [-0.1, -0.05) is 156 Å². The zero-order valence-electron chi connectivity index (χ0n) is 26.0. The van der Waals surface area contributed by atoms with E-state index in [0.717, 1.165) is 6.42 Å². The Morgan fingerprint density at radius 1 is 0.432 bits per heavy atom. The summed E-state index contributed by atoms with van der Waals surface area (Å²) < 4.78 is 0. The third-order valence-corrected chi connectivity index (χ3v) is 8.68. The number of unbranched alkanes of at least 4 members (excludes halogenated alkanes) is 17. The quantitative estimate of drug-likeness (QED) is 0.0557. The van der Waals surface area contributed by atoms with Gasteiger partial charge in [0.15, 0.2) is 0 Å². The third kappa shape index (κ3) is 17.9. The fraction of sp³-hybridized carbons (Fsp3) is 1.00. The van der Waals surface area contributed by atoms with Crippen LogP contribution in [0.3, 0.4) is 0 Å². The predicted octanol–water partition coefficient (Wildman–Crippen LogP) is 8.88. The van der Waals surface area contributed by atoms with E-state index >= 15 is 0 Å². The first kappa shape index (κ1) is 36.8. The van der Waals surface area contributed by atoms with Gasteiger partial charge in [0.2, 0.25) is 0 Å². The number of hydrogen-bond acceptors (Lipinski definition) is 4. The van der Waals surface area contributed by atoms with Crippen molar-refractivity contribution in [3.8, 4) is 0 Å². The van der Waals surface area contributed by atoms with E-state index < -0.39 is 0 Å². The van der Waals surface area contributed by atoms with Gasteiger partial charge in [0, 0.05) is 13.1 Å². The molecule has 0 radical (unpaired) electrons. The van der Waals surface area contributed by atoms with E-state index in [0.29, 0.717) is 13.1 Å². The molecule has 0 aliphatic carbocycles. The van der Waals surface area contributed by atoms with Crippen LogP contribution in [-0.2, 0) is 0 Å². The summed E-state index contributed by atoms with van der Waals surface area (Å²) >= 11 is 0. The molecule has 0 aromatic heterocycles. The maximum absolute atomic E-state index is 9.79. The highest BCUT2D eigenvalue weighted by atomic mass is 16.3. The van der Waals surface area contributed by atoms with Crippen molar-refractivity contribution in [2.24, 2.45) is 5.41 Å². The van der Waals surface area contributed by atoms with E-state index in [2.05, 4.69) is 38.3 Å². The summed E-state index contributed by atoms with van der Waals surface area (Å²) in [5.74, 6) is 0. The lowest BCUT2D eigenvalue weighted by Crippen LogP contribution is -2.67. The summed E-state index contributed by atoms with van der Waals surface area (Å²) in [7, 11) is 0. The molecule has 0 saturated carbocycles. The van der Waals surface area contributed by atoms with Gasteiger partial charge in [0.25, 0.3) is 0 Å². The van der Waals surface area contributed by atoms with Crippen molar-refractivity contribution in [1.29, 1.82) is 0 Å². The van der Waals surface area contributed by atoms with Crippen molar-refractivity contribution in [3.05, 3.63) is 0 Å². The highest BCUT2D eigenvalue weighted by molar-refractivity contribution is 5.00. The minimum absolute atomic E-state index is 0.105. The van der Waals surface area contributed by atoms with Crippen LogP contribution >= 0.6 is 0 Å². The van der Waals surface area contributed by atoms with Crippen LogP contribution in [0.4, 0.5) is 0 Å².